The van der Waals surface area contributed by atoms with Crippen molar-refractivity contribution < 1.29 is 9.59 Å². The van der Waals surface area contributed by atoms with E-state index < -0.39 is 0 Å². The highest BCUT2D eigenvalue weighted by Gasteiger charge is 2.17. The normalized spacial score (nSPS) is 13.4. The Morgan fingerprint density at radius 1 is 1.03 bits per heavy atom. The van der Waals surface area contributed by atoms with Crippen molar-refractivity contribution in [3.63, 3.8) is 0 Å². The Hall–Kier alpha value is -2.43. The van der Waals surface area contributed by atoms with E-state index in [0.29, 0.717) is 16.3 Å². The van der Waals surface area contributed by atoms with Crippen LogP contribution >= 0.6 is 34.4 Å². The topological polar surface area (TPSA) is 87.2 Å². The molecule has 0 saturated carbocycles. The fraction of sp³-hybridized carbons (Fsp3) is 0.263. The molecular weight excluding hydrogens is 426 g/mol. The number of thiophene rings is 1. The fourth-order valence-electron chi connectivity index (χ4n) is 2.86. The van der Waals surface area contributed by atoms with Crippen molar-refractivity contribution in [2.45, 2.75) is 17.2 Å². The van der Waals surface area contributed by atoms with Crippen molar-refractivity contribution in [2.24, 2.45) is 0 Å². The predicted octanol–water partition coefficient (Wildman–Crippen LogP) is 4.18. The van der Waals surface area contributed by atoms with E-state index in [-0.39, 0.29) is 17.6 Å². The van der Waals surface area contributed by atoms with Gasteiger partial charge < -0.3 is 15.5 Å². The molecule has 2 amide bonds. The van der Waals surface area contributed by atoms with E-state index in [1.165, 1.54) is 47.3 Å². The molecule has 150 valence electrons. The highest BCUT2D eigenvalue weighted by molar-refractivity contribution is 8.01. The van der Waals surface area contributed by atoms with Gasteiger partial charge in [-0.05, 0) is 48.6 Å². The number of thioether (sulfide) groups is 1. The van der Waals surface area contributed by atoms with Crippen molar-refractivity contribution >= 4 is 62.8 Å². The molecule has 29 heavy (non-hydrogen) atoms. The van der Waals surface area contributed by atoms with Gasteiger partial charge in [-0.1, -0.05) is 29.2 Å². The van der Waals surface area contributed by atoms with Crippen LogP contribution in [-0.4, -0.2) is 40.9 Å². The number of anilines is 3. The van der Waals surface area contributed by atoms with Gasteiger partial charge in [0.1, 0.15) is 0 Å². The number of rotatable bonds is 7. The van der Waals surface area contributed by atoms with E-state index in [1.807, 2.05) is 11.4 Å². The van der Waals surface area contributed by atoms with Crippen LogP contribution in [-0.2, 0) is 4.79 Å². The first-order valence-corrected chi connectivity index (χ1v) is 11.8. The molecule has 7 nitrogen and oxygen atoms in total. The number of hydrogen-bond donors (Lipinski definition) is 2. The van der Waals surface area contributed by atoms with Crippen LogP contribution in [0.15, 0.2) is 46.1 Å². The van der Waals surface area contributed by atoms with Crippen molar-refractivity contribution in [1.82, 2.24) is 10.2 Å². The summed E-state index contributed by atoms with van der Waals surface area (Å²) in [5.41, 5.74) is 1.36. The zero-order chi connectivity index (χ0) is 20.1. The van der Waals surface area contributed by atoms with Crippen molar-refractivity contribution in [3.05, 3.63) is 46.7 Å². The molecule has 0 radical (unpaired) electrons. The van der Waals surface area contributed by atoms with E-state index in [9.17, 15) is 9.59 Å². The molecule has 2 aromatic heterocycles. The summed E-state index contributed by atoms with van der Waals surface area (Å²) >= 11 is 4.31. The standard InChI is InChI=1S/C19H19N5O2S3/c25-16(12-28-19-23-22-18(29-19)24-9-1-2-10-24)20-13-5-7-14(8-6-13)21-17(26)15-4-3-11-27-15/h3-8,11H,1-2,9-10,12H2,(H,20,25)(H,21,26). The second-order valence-corrected chi connectivity index (χ2v) is 9.52. The Balaban J connectivity index is 1.24. The molecule has 3 heterocycles. The molecule has 3 aromatic rings. The SMILES string of the molecule is O=C(CSc1nnc(N2CCCC2)s1)Nc1ccc(NC(=O)c2cccs2)cc1. The minimum Gasteiger partial charge on any atom is -0.347 e. The van der Waals surface area contributed by atoms with Gasteiger partial charge in [0.15, 0.2) is 4.34 Å². The molecule has 1 aromatic carbocycles. The highest BCUT2D eigenvalue weighted by Crippen LogP contribution is 2.30. The van der Waals surface area contributed by atoms with Crippen LogP contribution in [0, 0.1) is 0 Å². The predicted molar refractivity (Wildman–Crippen MR) is 119 cm³/mol. The Morgan fingerprint density at radius 2 is 1.76 bits per heavy atom. The minimum absolute atomic E-state index is 0.108. The molecule has 2 N–H and O–H groups in total. The van der Waals surface area contributed by atoms with Crippen LogP contribution in [0.4, 0.5) is 16.5 Å². The highest BCUT2D eigenvalue weighted by atomic mass is 32.2. The van der Waals surface area contributed by atoms with Gasteiger partial charge in [0.25, 0.3) is 5.91 Å². The lowest BCUT2D eigenvalue weighted by atomic mass is 10.2. The van der Waals surface area contributed by atoms with Gasteiger partial charge in [0, 0.05) is 24.5 Å². The number of nitrogens with zero attached hydrogens (tertiary/aromatic N) is 3. The quantitative estimate of drug-likeness (QED) is 0.531. The molecule has 10 heteroatoms. The van der Waals surface area contributed by atoms with Gasteiger partial charge in [0.2, 0.25) is 11.0 Å². The third-order valence-electron chi connectivity index (χ3n) is 4.27. The molecule has 0 bridgehead atoms. The van der Waals surface area contributed by atoms with Gasteiger partial charge >= 0.3 is 0 Å². The van der Waals surface area contributed by atoms with Gasteiger partial charge in [0.05, 0.1) is 10.6 Å². The monoisotopic (exact) mass is 445 g/mol. The molecule has 0 atom stereocenters. The number of benzene rings is 1. The van der Waals surface area contributed by atoms with E-state index in [4.69, 9.17) is 0 Å². The average Bonchev–Trinajstić information content (AvgIpc) is 3.50. The summed E-state index contributed by atoms with van der Waals surface area (Å²) in [6, 6.07) is 10.7. The number of hydrogen-bond acceptors (Lipinski definition) is 8. The van der Waals surface area contributed by atoms with Gasteiger partial charge in [-0.3, -0.25) is 9.59 Å². The lowest BCUT2D eigenvalue weighted by Crippen LogP contribution is -2.17. The Kier molecular flexibility index (Phi) is 6.43. The van der Waals surface area contributed by atoms with E-state index in [0.717, 1.165) is 22.6 Å². The summed E-state index contributed by atoms with van der Waals surface area (Å²) < 4.78 is 0.800. The van der Waals surface area contributed by atoms with Crippen molar-refractivity contribution in [2.75, 3.05) is 34.4 Å². The molecule has 1 aliphatic rings. The van der Waals surface area contributed by atoms with Gasteiger partial charge in [-0.2, -0.15) is 0 Å². The maximum atomic E-state index is 12.2. The third kappa shape index (κ3) is 5.34. The molecular formula is C19H19N5O2S3. The first-order valence-electron chi connectivity index (χ1n) is 9.13. The fourth-order valence-corrected chi connectivity index (χ4v) is 5.17. The summed E-state index contributed by atoms with van der Waals surface area (Å²) in [5, 5.41) is 16.9. The first-order chi connectivity index (χ1) is 14.2. The average molecular weight is 446 g/mol. The van der Waals surface area contributed by atoms with Crippen molar-refractivity contribution in [3.8, 4) is 0 Å². The van der Waals surface area contributed by atoms with Gasteiger partial charge in [-0.15, -0.1) is 21.5 Å². The zero-order valence-electron chi connectivity index (χ0n) is 15.5. The molecule has 0 spiro atoms. The maximum Gasteiger partial charge on any atom is 0.265 e. The largest absolute Gasteiger partial charge is 0.347 e. The van der Waals surface area contributed by atoms with E-state index in [2.05, 4.69) is 25.7 Å². The molecule has 0 unspecified atom stereocenters. The number of amides is 2. The summed E-state index contributed by atoms with van der Waals surface area (Å²) in [5.74, 6) is 0.0210. The smallest absolute Gasteiger partial charge is 0.265 e. The Bertz CT molecular complexity index is 966. The number of carbonyl (C=O) groups is 2. The van der Waals surface area contributed by atoms with E-state index >= 15 is 0 Å². The third-order valence-corrected chi connectivity index (χ3v) is 7.26. The molecule has 1 saturated heterocycles. The van der Waals surface area contributed by atoms with Crippen molar-refractivity contribution in [1.29, 1.82) is 0 Å². The summed E-state index contributed by atoms with van der Waals surface area (Å²) in [4.78, 5) is 27.2. The lowest BCUT2D eigenvalue weighted by molar-refractivity contribution is -0.113. The summed E-state index contributed by atoms with van der Waals surface area (Å²) in [6.45, 7) is 2.06. The van der Waals surface area contributed by atoms with Crippen LogP contribution in [0.25, 0.3) is 0 Å². The van der Waals surface area contributed by atoms with Crippen LogP contribution in [0.2, 0.25) is 0 Å². The van der Waals surface area contributed by atoms with Crippen LogP contribution in [0.5, 0.6) is 0 Å². The molecule has 1 aliphatic heterocycles. The number of aromatic nitrogens is 2. The van der Waals surface area contributed by atoms with Gasteiger partial charge in [-0.25, -0.2) is 0 Å². The second kappa shape index (κ2) is 9.38. The minimum atomic E-state index is -0.140. The number of carbonyl (C=O) groups excluding carboxylic acids is 2. The van der Waals surface area contributed by atoms with Crippen LogP contribution in [0.3, 0.4) is 0 Å². The first kappa shape index (κ1) is 19.9. The zero-order valence-corrected chi connectivity index (χ0v) is 17.9. The summed E-state index contributed by atoms with van der Waals surface area (Å²) in [6.07, 6.45) is 2.39. The Labute approximate surface area is 180 Å². The maximum absolute atomic E-state index is 12.2. The Morgan fingerprint density at radius 3 is 2.45 bits per heavy atom. The molecule has 0 aliphatic carbocycles. The molecule has 4 rings (SSSR count). The van der Waals surface area contributed by atoms with Crippen LogP contribution in [0.1, 0.15) is 22.5 Å². The summed E-state index contributed by atoms with van der Waals surface area (Å²) in [7, 11) is 0. The van der Waals surface area contributed by atoms with E-state index in [1.54, 1.807) is 30.3 Å². The van der Waals surface area contributed by atoms with Crippen LogP contribution < -0.4 is 15.5 Å². The lowest BCUT2D eigenvalue weighted by Gasteiger charge is -2.10. The number of nitrogens with one attached hydrogen (secondary N) is 2. The molecule has 1 fully saturated rings. The second-order valence-electron chi connectivity index (χ2n) is 6.39.